The quantitative estimate of drug-likeness (QED) is 0.770. The Kier molecular flexibility index (Phi) is 3.90. The average Bonchev–Trinajstić information content (AvgIpc) is 2.98. The molecule has 0 aliphatic carbocycles. The minimum Gasteiger partial charge on any atom is -0.489 e. The zero-order valence-corrected chi connectivity index (χ0v) is 14.0. The predicted octanol–water partition coefficient (Wildman–Crippen LogP) is 3.36. The van der Waals surface area contributed by atoms with Crippen molar-refractivity contribution in [2.75, 3.05) is 18.5 Å². The van der Waals surface area contributed by atoms with Crippen molar-refractivity contribution >= 4 is 11.8 Å². The first-order chi connectivity index (χ1) is 12.2. The van der Waals surface area contributed by atoms with Gasteiger partial charge in [0, 0.05) is 29.7 Å². The summed E-state index contributed by atoms with van der Waals surface area (Å²) in [5, 5.41) is 3.41. The van der Waals surface area contributed by atoms with Gasteiger partial charge in [-0.15, -0.1) is 0 Å². The van der Waals surface area contributed by atoms with Gasteiger partial charge in [-0.05, 0) is 42.8 Å². The molecular formula is C20H19N3O2. The number of aromatic nitrogens is 2. The fourth-order valence-corrected chi connectivity index (χ4v) is 3.01. The second-order valence-corrected chi connectivity index (χ2v) is 6.10. The van der Waals surface area contributed by atoms with Crippen LogP contribution in [0.25, 0.3) is 11.8 Å². The molecular weight excluding hydrogens is 314 g/mol. The summed E-state index contributed by atoms with van der Waals surface area (Å²) in [6.07, 6.45) is 3.88. The zero-order chi connectivity index (χ0) is 17.2. The lowest BCUT2D eigenvalue weighted by atomic mass is 10.1. The Morgan fingerprint density at radius 1 is 1.20 bits per heavy atom. The van der Waals surface area contributed by atoms with E-state index in [9.17, 15) is 4.79 Å². The smallest absolute Gasteiger partial charge is 0.330 e. The number of benzene rings is 2. The molecule has 1 aliphatic heterocycles. The van der Waals surface area contributed by atoms with Gasteiger partial charge in [-0.1, -0.05) is 24.3 Å². The number of hydrogen-bond acceptors (Lipinski definition) is 3. The van der Waals surface area contributed by atoms with E-state index in [1.54, 1.807) is 10.8 Å². The van der Waals surface area contributed by atoms with Gasteiger partial charge in [-0.25, -0.2) is 4.79 Å². The normalized spacial score (nSPS) is 12.9. The van der Waals surface area contributed by atoms with Crippen molar-refractivity contribution in [3.05, 3.63) is 82.0 Å². The fraction of sp³-hybridized carbons (Fsp3) is 0.150. The Labute approximate surface area is 145 Å². The van der Waals surface area contributed by atoms with Gasteiger partial charge in [0.2, 0.25) is 0 Å². The van der Waals surface area contributed by atoms with Crippen LogP contribution < -0.4 is 15.7 Å². The van der Waals surface area contributed by atoms with Gasteiger partial charge in [0.25, 0.3) is 0 Å². The first-order valence-electron chi connectivity index (χ1n) is 8.23. The van der Waals surface area contributed by atoms with Crippen molar-refractivity contribution in [2.24, 2.45) is 0 Å². The molecule has 0 bridgehead atoms. The second-order valence-electron chi connectivity index (χ2n) is 6.10. The third-order valence-corrected chi connectivity index (χ3v) is 4.28. The molecule has 5 nitrogen and oxygen atoms in total. The first kappa shape index (κ1) is 15.3. The third kappa shape index (κ3) is 3.08. The van der Waals surface area contributed by atoms with Gasteiger partial charge in [0.1, 0.15) is 12.4 Å². The van der Waals surface area contributed by atoms with Gasteiger partial charge in [-0.3, -0.25) is 4.57 Å². The zero-order valence-electron chi connectivity index (χ0n) is 14.0. The van der Waals surface area contributed by atoms with E-state index in [4.69, 9.17) is 4.74 Å². The molecule has 0 saturated heterocycles. The van der Waals surface area contributed by atoms with Crippen LogP contribution in [0.15, 0.2) is 65.1 Å². The summed E-state index contributed by atoms with van der Waals surface area (Å²) in [4.78, 5) is 14.6. The van der Waals surface area contributed by atoms with Crippen molar-refractivity contribution in [1.29, 1.82) is 0 Å². The standard InChI is InChI=1S/C20H19N3O2/c1-14-11-22-20(24)23(14)18-7-4-6-17(10-18)21-12-15-9-16-5-2-3-8-19(16)25-13-15/h2-11,21H,12-13H2,1H3,(H,22,24). The second kappa shape index (κ2) is 6.36. The van der Waals surface area contributed by atoms with Crippen LogP contribution in [0.2, 0.25) is 0 Å². The van der Waals surface area contributed by atoms with E-state index in [-0.39, 0.29) is 5.69 Å². The number of aryl methyl sites for hydroxylation is 1. The molecule has 0 radical (unpaired) electrons. The molecule has 4 rings (SSSR count). The van der Waals surface area contributed by atoms with E-state index in [0.717, 1.165) is 28.4 Å². The molecule has 1 aromatic heterocycles. The number of fused-ring (bicyclic) bond motifs is 1. The minimum atomic E-state index is -0.130. The van der Waals surface area contributed by atoms with Crippen molar-refractivity contribution in [3.8, 4) is 11.4 Å². The number of hydrogen-bond donors (Lipinski definition) is 2. The van der Waals surface area contributed by atoms with E-state index in [2.05, 4.69) is 22.4 Å². The van der Waals surface area contributed by atoms with Gasteiger partial charge in [-0.2, -0.15) is 0 Å². The number of nitrogens with one attached hydrogen (secondary N) is 2. The van der Waals surface area contributed by atoms with Crippen molar-refractivity contribution in [2.45, 2.75) is 6.92 Å². The Hall–Kier alpha value is -3.21. The molecule has 0 fully saturated rings. The Morgan fingerprint density at radius 2 is 2.08 bits per heavy atom. The maximum Gasteiger partial charge on any atom is 0.330 e. The largest absolute Gasteiger partial charge is 0.489 e. The van der Waals surface area contributed by atoms with Crippen LogP contribution in [0.4, 0.5) is 5.69 Å². The lowest BCUT2D eigenvalue weighted by Gasteiger charge is -2.18. The summed E-state index contributed by atoms with van der Waals surface area (Å²) >= 11 is 0. The Morgan fingerprint density at radius 3 is 2.92 bits per heavy atom. The van der Waals surface area contributed by atoms with Crippen LogP contribution in [0.5, 0.6) is 5.75 Å². The van der Waals surface area contributed by atoms with E-state index in [1.807, 2.05) is 49.4 Å². The summed E-state index contributed by atoms with van der Waals surface area (Å²) in [6.45, 7) is 3.18. The number of aromatic amines is 1. The fourth-order valence-electron chi connectivity index (χ4n) is 3.01. The lowest BCUT2D eigenvalue weighted by molar-refractivity contribution is 0.346. The van der Waals surface area contributed by atoms with Crippen LogP contribution >= 0.6 is 0 Å². The highest BCUT2D eigenvalue weighted by Gasteiger charge is 2.11. The van der Waals surface area contributed by atoms with Gasteiger partial charge in [0.05, 0.1) is 5.69 Å². The Balaban J connectivity index is 1.52. The lowest BCUT2D eigenvalue weighted by Crippen LogP contribution is -2.17. The van der Waals surface area contributed by atoms with Gasteiger partial charge < -0.3 is 15.0 Å². The third-order valence-electron chi connectivity index (χ3n) is 4.28. The van der Waals surface area contributed by atoms with E-state index in [1.165, 1.54) is 5.57 Å². The van der Waals surface area contributed by atoms with Crippen LogP contribution in [-0.4, -0.2) is 22.7 Å². The first-order valence-corrected chi connectivity index (χ1v) is 8.23. The maximum atomic E-state index is 11.9. The molecule has 0 spiro atoms. The molecule has 0 saturated carbocycles. The van der Waals surface area contributed by atoms with Crippen LogP contribution in [-0.2, 0) is 0 Å². The monoisotopic (exact) mass is 333 g/mol. The van der Waals surface area contributed by atoms with Gasteiger partial charge in [0.15, 0.2) is 0 Å². The highest BCUT2D eigenvalue weighted by molar-refractivity contribution is 5.63. The summed E-state index contributed by atoms with van der Waals surface area (Å²) in [5.41, 5.74) is 4.84. The highest BCUT2D eigenvalue weighted by Crippen LogP contribution is 2.26. The summed E-state index contributed by atoms with van der Waals surface area (Å²) in [6, 6.07) is 15.9. The summed E-state index contributed by atoms with van der Waals surface area (Å²) < 4.78 is 7.44. The molecule has 0 unspecified atom stereocenters. The van der Waals surface area contributed by atoms with E-state index < -0.39 is 0 Å². The molecule has 3 aromatic rings. The van der Waals surface area contributed by atoms with E-state index in [0.29, 0.717) is 13.2 Å². The molecule has 0 amide bonds. The molecule has 2 heterocycles. The maximum absolute atomic E-state index is 11.9. The van der Waals surface area contributed by atoms with Crippen LogP contribution in [0, 0.1) is 6.92 Å². The average molecular weight is 333 g/mol. The molecule has 2 aromatic carbocycles. The van der Waals surface area contributed by atoms with Crippen molar-refractivity contribution < 1.29 is 4.74 Å². The number of imidazole rings is 1. The summed E-state index contributed by atoms with van der Waals surface area (Å²) in [5.74, 6) is 0.926. The summed E-state index contributed by atoms with van der Waals surface area (Å²) in [7, 11) is 0. The van der Waals surface area contributed by atoms with Gasteiger partial charge >= 0.3 is 5.69 Å². The molecule has 0 atom stereocenters. The van der Waals surface area contributed by atoms with Crippen LogP contribution in [0.3, 0.4) is 0 Å². The number of H-pyrrole nitrogens is 1. The SMILES string of the molecule is Cc1c[nH]c(=O)n1-c1cccc(NCC2=Cc3ccccc3OC2)c1. The highest BCUT2D eigenvalue weighted by atomic mass is 16.5. The van der Waals surface area contributed by atoms with Crippen molar-refractivity contribution in [3.63, 3.8) is 0 Å². The minimum absolute atomic E-state index is 0.130. The Bertz CT molecular complexity index is 998. The number of rotatable bonds is 4. The molecule has 25 heavy (non-hydrogen) atoms. The molecule has 2 N–H and O–H groups in total. The predicted molar refractivity (Wildman–Crippen MR) is 99.5 cm³/mol. The molecule has 1 aliphatic rings. The topological polar surface area (TPSA) is 59.0 Å². The van der Waals surface area contributed by atoms with Crippen LogP contribution in [0.1, 0.15) is 11.3 Å². The van der Waals surface area contributed by atoms with Crippen molar-refractivity contribution in [1.82, 2.24) is 9.55 Å². The van der Waals surface area contributed by atoms with E-state index >= 15 is 0 Å². The molecule has 5 heteroatoms. The number of nitrogens with zero attached hydrogens (tertiary/aromatic N) is 1. The molecule has 126 valence electrons. The number of ether oxygens (including phenoxy) is 1. The number of anilines is 1. The number of para-hydroxylation sites is 1.